The van der Waals surface area contributed by atoms with E-state index in [2.05, 4.69) is 0 Å². The van der Waals surface area contributed by atoms with Crippen molar-refractivity contribution in [1.29, 1.82) is 0 Å². The second kappa shape index (κ2) is 5.74. The molecule has 0 heterocycles. The Kier molecular flexibility index (Phi) is 4.05. The van der Waals surface area contributed by atoms with E-state index in [0.29, 0.717) is 17.4 Å². The van der Waals surface area contributed by atoms with E-state index in [-0.39, 0.29) is 6.61 Å². The summed E-state index contributed by atoms with van der Waals surface area (Å²) in [6.07, 6.45) is 0. The maximum atomic E-state index is 11.3. The Morgan fingerprint density at radius 1 is 1.22 bits per heavy atom. The number of fused-ring (bicyclic) bond motifs is 1. The van der Waals surface area contributed by atoms with Gasteiger partial charge in [-0.15, -0.1) is 0 Å². The molecule has 2 aromatic carbocycles. The Balaban J connectivity index is 2.26. The Morgan fingerprint density at radius 3 is 2.78 bits per heavy atom. The highest BCUT2D eigenvalue weighted by Crippen LogP contribution is 2.33. The summed E-state index contributed by atoms with van der Waals surface area (Å²) in [5.41, 5.74) is 0. The number of benzene rings is 2. The fourth-order valence-electron chi connectivity index (χ4n) is 1.70. The lowest BCUT2D eigenvalue weighted by Crippen LogP contribution is -2.14. The Labute approximate surface area is 110 Å². The monoisotopic (exact) mass is 264 g/mol. The van der Waals surface area contributed by atoms with E-state index in [1.165, 1.54) is 0 Å². The highest BCUT2D eigenvalue weighted by molar-refractivity contribution is 6.33. The fourth-order valence-corrected chi connectivity index (χ4v) is 1.92. The van der Waals surface area contributed by atoms with Gasteiger partial charge in [0.15, 0.2) is 6.61 Å². The third-order valence-corrected chi connectivity index (χ3v) is 2.77. The van der Waals surface area contributed by atoms with Crippen LogP contribution in [0.3, 0.4) is 0 Å². The van der Waals surface area contributed by atoms with Crippen molar-refractivity contribution in [3.05, 3.63) is 41.4 Å². The third-order valence-electron chi connectivity index (χ3n) is 2.47. The molecule has 18 heavy (non-hydrogen) atoms. The van der Waals surface area contributed by atoms with Gasteiger partial charge in [-0.3, -0.25) is 0 Å². The molecule has 2 aromatic rings. The summed E-state index contributed by atoms with van der Waals surface area (Å²) in [6.45, 7) is 1.95. The van der Waals surface area contributed by atoms with E-state index >= 15 is 0 Å². The van der Waals surface area contributed by atoms with Crippen LogP contribution in [0.4, 0.5) is 0 Å². The maximum Gasteiger partial charge on any atom is 0.344 e. The first-order chi connectivity index (χ1) is 8.72. The number of hydrogen-bond acceptors (Lipinski definition) is 3. The molecule has 3 nitrogen and oxygen atoms in total. The quantitative estimate of drug-likeness (QED) is 0.794. The zero-order valence-electron chi connectivity index (χ0n) is 9.98. The smallest absolute Gasteiger partial charge is 0.344 e. The SMILES string of the molecule is CCOC(=O)COc1c(Cl)ccc2ccccc12. The average Bonchev–Trinajstić information content (AvgIpc) is 2.38. The first kappa shape index (κ1) is 12.7. The van der Waals surface area contributed by atoms with Gasteiger partial charge >= 0.3 is 5.97 Å². The molecule has 0 aromatic heterocycles. The molecule has 0 aliphatic rings. The minimum Gasteiger partial charge on any atom is -0.480 e. The zero-order valence-corrected chi connectivity index (χ0v) is 10.7. The van der Waals surface area contributed by atoms with E-state index < -0.39 is 5.97 Å². The zero-order chi connectivity index (χ0) is 13.0. The Morgan fingerprint density at radius 2 is 2.00 bits per heavy atom. The van der Waals surface area contributed by atoms with Crippen LogP contribution in [0.15, 0.2) is 36.4 Å². The van der Waals surface area contributed by atoms with Crippen molar-refractivity contribution in [2.75, 3.05) is 13.2 Å². The molecular formula is C14H13ClO3. The summed E-state index contributed by atoms with van der Waals surface area (Å²) in [7, 11) is 0. The molecular weight excluding hydrogens is 252 g/mol. The van der Waals surface area contributed by atoms with Crippen molar-refractivity contribution in [3.63, 3.8) is 0 Å². The van der Waals surface area contributed by atoms with Crippen LogP contribution in [0, 0.1) is 0 Å². The molecule has 94 valence electrons. The summed E-state index contributed by atoms with van der Waals surface area (Å²) in [5, 5.41) is 2.38. The van der Waals surface area contributed by atoms with Gasteiger partial charge in [0.05, 0.1) is 11.6 Å². The van der Waals surface area contributed by atoms with E-state index in [1.54, 1.807) is 13.0 Å². The molecule has 0 bridgehead atoms. The van der Waals surface area contributed by atoms with Crippen LogP contribution in [-0.2, 0) is 9.53 Å². The summed E-state index contributed by atoms with van der Waals surface area (Å²) in [6, 6.07) is 11.4. The molecule has 2 rings (SSSR count). The molecule has 0 amide bonds. The molecule has 4 heteroatoms. The summed E-state index contributed by atoms with van der Waals surface area (Å²) in [5.74, 6) is 0.115. The normalized spacial score (nSPS) is 10.3. The van der Waals surface area contributed by atoms with Gasteiger partial charge in [0.1, 0.15) is 5.75 Å². The molecule has 0 fully saturated rings. The van der Waals surface area contributed by atoms with E-state index in [4.69, 9.17) is 21.1 Å². The molecule has 0 unspecified atom stereocenters. The lowest BCUT2D eigenvalue weighted by atomic mass is 10.1. The Bertz CT molecular complexity index is 566. The van der Waals surface area contributed by atoms with Gasteiger partial charge in [0, 0.05) is 5.39 Å². The number of ether oxygens (including phenoxy) is 2. The highest BCUT2D eigenvalue weighted by Gasteiger charge is 2.10. The number of halogens is 1. The molecule has 0 aliphatic heterocycles. The number of carbonyl (C=O) groups is 1. The van der Waals surface area contributed by atoms with E-state index in [0.717, 1.165) is 10.8 Å². The van der Waals surface area contributed by atoms with Gasteiger partial charge in [0.2, 0.25) is 0 Å². The second-order valence-corrected chi connectivity index (χ2v) is 4.10. The van der Waals surface area contributed by atoms with Crippen LogP contribution >= 0.6 is 11.6 Å². The minimum absolute atomic E-state index is 0.137. The van der Waals surface area contributed by atoms with Gasteiger partial charge in [-0.05, 0) is 18.4 Å². The molecule has 0 atom stereocenters. The molecule has 0 saturated carbocycles. The van der Waals surface area contributed by atoms with Crippen molar-refractivity contribution in [1.82, 2.24) is 0 Å². The van der Waals surface area contributed by atoms with Crippen LogP contribution in [-0.4, -0.2) is 19.2 Å². The largest absolute Gasteiger partial charge is 0.480 e. The number of carbonyl (C=O) groups excluding carboxylic acids is 1. The number of rotatable bonds is 4. The van der Waals surface area contributed by atoms with Crippen molar-refractivity contribution in [3.8, 4) is 5.75 Å². The van der Waals surface area contributed by atoms with Crippen molar-refractivity contribution in [2.45, 2.75) is 6.92 Å². The maximum absolute atomic E-state index is 11.3. The van der Waals surface area contributed by atoms with Crippen LogP contribution < -0.4 is 4.74 Å². The van der Waals surface area contributed by atoms with Crippen molar-refractivity contribution >= 4 is 28.3 Å². The Hall–Kier alpha value is -1.74. The van der Waals surface area contributed by atoms with Gasteiger partial charge in [-0.2, -0.15) is 0 Å². The molecule has 0 aliphatic carbocycles. The first-order valence-corrected chi connectivity index (χ1v) is 6.06. The van der Waals surface area contributed by atoms with Crippen LogP contribution in [0.25, 0.3) is 10.8 Å². The van der Waals surface area contributed by atoms with Crippen LogP contribution in [0.2, 0.25) is 5.02 Å². The van der Waals surface area contributed by atoms with Gasteiger partial charge in [-0.25, -0.2) is 4.79 Å². The minimum atomic E-state index is -0.401. The van der Waals surface area contributed by atoms with Crippen molar-refractivity contribution in [2.24, 2.45) is 0 Å². The molecule has 0 radical (unpaired) electrons. The number of hydrogen-bond donors (Lipinski definition) is 0. The standard InChI is InChI=1S/C14H13ClO3/c1-2-17-13(16)9-18-14-11-6-4-3-5-10(11)7-8-12(14)15/h3-8H,2,9H2,1H3. The summed E-state index contributed by atoms with van der Waals surface area (Å²) >= 11 is 6.09. The summed E-state index contributed by atoms with van der Waals surface area (Å²) < 4.78 is 10.3. The third kappa shape index (κ3) is 2.74. The highest BCUT2D eigenvalue weighted by atomic mass is 35.5. The van der Waals surface area contributed by atoms with Gasteiger partial charge in [-0.1, -0.05) is 41.9 Å². The van der Waals surface area contributed by atoms with E-state index in [1.807, 2.05) is 30.3 Å². The van der Waals surface area contributed by atoms with E-state index in [9.17, 15) is 4.79 Å². The van der Waals surface area contributed by atoms with Crippen LogP contribution in [0.1, 0.15) is 6.92 Å². The van der Waals surface area contributed by atoms with Gasteiger partial charge in [0.25, 0.3) is 0 Å². The number of esters is 1. The second-order valence-electron chi connectivity index (χ2n) is 3.69. The summed E-state index contributed by atoms with van der Waals surface area (Å²) in [4.78, 5) is 11.3. The average molecular weight is 265 g/mol. The molecule has 0 spiro atoms. The van der Waals surface area contributed by atoms with Gasteiger partial charge < -0.3 is 9.47 Å². The fraction of sp³-hybridized carbons (Fsp3) is 0.214. The lowest BCUT2D eigenvalue weighted by molar-refractivity contribution is -0.145. The predicted octanol–water partition coefficient (Wildman–Crippen LogP) is 3.44. The molecule has 0 N–H and O–H groups in total. The lowest BCUT2D eigenvalue weighted by Gasteiger charge is -2.10. The van der Waals surface area contributed by atoms with Crippen LogP contribution in [0.5, 0.6) is 5.75 Å². The van der Waals surface area contributed by atoms with Crippen molar-refractivity contribution < 1.29 is 14.3 Å². The topological polar surface area (TPSA) is 35.5 Å². The first-order valence-electron chi connectivity index (χ1n) is 5.68. The molecule has 0 saturated heterocycles. The predicted molar refractivity (Wildman–Crippen MR) is 71.1 cm³/mol.